The Labute approximate surface area is 319 Å². The molecule has 0 rings (SSSR count). The van der Waals surface area contributed by atoms with E-state index in [0.717, 1.165) is 83.5 Å². The summed E-state index contributed by atoms with van der Waals surface area (Å²) in [6.45, 7) is 4.33. The lowest BCUT2D eigenvalue weighted by Crippen LogP contribution is -2.37. The molecule has 0 saturated heterocycles. The Hall–Kier alpha value is -1.77. The second-order valence-corrected chi connectivity index (χ2v) is 16.5. The monoisotopic (exact) mass is 757 g/mol. The minimum atomic E-state index is -4.37. The van der Waals surface area contributed by atoms with Crippen molar-refractivity contribution in [3.63, 3.8) is 0 Å². The van der Waals surface area contributed by atoms with E-state index in [4.69, 9.17) is 18.5 Å². The molecule has 2 atom stereocenters. The number of nitrogens with zero attached hydrogens (tertiary/aromatic N) is 1. The van der Waals surface area contributed by atoms with Gasteiger partial charge in [-0.2, -0.15) is 0 Å². The number of carbonyl (C=O) groups excluding carboxylic acids is 2. The van der Waals surface area contributed by atoms with E-state index in [0.29, 0.717) is 17.4 Å². The number of quaternary nitrogens is 1. The van der Waals surface area contributed by atoms with Gasteiger partial charge in [-0.05, 0) is 64.2 Å². The molecule has 0 spiro atoms. The van der Waals surface area contributed by atoms with Crippen molar-refractivity contribution in [1.29, 1.82) is 0 Å². The largest absolute Gasteiger partial charge is 0.472 e. The minimum Gasteiger partial charge on any atom is -0.462 e. The lowest BCUT2D eigenvalue weighted by atomic mass is 10.1. The fraction of sp³-hybridized carbons (Fsp3) is 0.810. The minimum absolute atomic E-state index is 0.0272. The smallest absolute Gasteiger partial charge is 0.462 e. The van der Waals surface area contributed by atoms with E-state index in [-0.39, 0.29) is 32.0 Å². The van der Waals surface area contributed by atoms with E-state index in [9.17, 15) is 19.0 Å². The van der Waals surface area contributed by atoms with E-state index in [1.165, 1.54) is 51.4 Å². The molecular formula is C42H79NO8P+. The van der Waals surface area contributed by atoms with Crippen molar-refractivity contribution in [2.24, 2.45) is 0 Å². The van der Waals surface area contributed by atoms with Crippen LogP contribution in [0.5, 0.6) is 0 Å². The Morgan fingerprint density at radius 2 is 1.06 bits per heavy atom. The highest BCUT2D eigenvalue weighted by Crippen LogP contribution is 2.43. The molecule has 0 amide bonds. The number of phosphoric acid groups is 1. The van der Waals surface area contributed by atoms with E-state index >= 15 is 0 Å². The third-order valence-electron chi connectivity index (χ3n) is 8.64. The van der Waals surface area contributed by atoms with E-state index in [2.05, 4.69) is 50.3 Å². The number of phosphoric ester groups is 1. The number of carbonyl (C=O) groups is 2. The second-order valence-electron chi connectivity index (χ2n) is 15.0. The van der Waals surface area contributed by atoms with Crippen LogP contribution < -0.4 is 0 Å². The van der Waals surface area contributed by atoms with Crippen LogP contribution in [0, 0.1) is 0 Å². The highest BCUT2D eigenvalue weighted by Gasteiger charge is 2.27. The zero-order valence-electron chi connectivity index (χ0n) is 34.0. The Morgan fingerprint density at radius 1 is 0.596 bits per heavy atom. The number of hydrogen-bond acceptors (Lipinski definition) is 7. The Bertz CT molecular complexity index is 991. The highest BCUT2D eigenvalue weighted by atomic mass is 31.2. The molecule has 1 unspecified atom stereocenters. The predicted molar refractivity (Wildman–Crippen MR) is 215 cm³/mol. The van der Waals surface area contributed by atoms with Crippen LogP contribution in [0.4, 0.5) is 0 Å². The average Bonchev–Trinajstić information content (AvgIpc) is 3.09. The maximum atomic E-state index is 12.6. The number of hydrogen-bond donors (Lipinski definition) is 1. The van der Waals surface area contributed by atoms with Gasteiger partial charge in [0.2, 0.25) is 0 Å². The first-order valence-electron chi connectivity index (χ1n) is 20.7. The van der Waals surface area contributed by atoms with Gasteiger partial charge in [-0.3, -0.25) is 18.6 Å². The first kappa shape index (κ1) is 50.2. The zero-order chi connectivity index (χ0) is 38.6. The normalized spacial score (nSPS) is 14.0. The van der Waals surface area contributed by atoms with Gasteiger partial charge in [0.05, 0.1) is 27.7 Å². The van der Waals surface area contributed by atoms with Crippen LogP contribution in [-0.4, -0.2) is 74.9 Å². The van der Waals surface area contributed by atoms with Gasteiger partial charge in [0.15, 0.2) is 6.10 Å². The summed E-state index contributed by atoms with van der Waals surface area (Å²) in [4.78, 5) is 35.3. The molecule has 0 heterocycles. The number of allylic oxidation sites excluding steroid dienone is 6. The third kappa shape index (κ3) is 38.0. The van der Waals surface area contributed by atoms with Gasteiger partial charge in [-0.15, -0.1) is 0 Å². The van der Waals surface area contributed by atoms with Crippen molar-refractivity contribution in [3.8, 4) is 0 Å². The van der Waals surface area contributed by atoms with Crippen molar-refractivity contribution >= 4 is 19.8 Å². The number of likely N-dealkylation sites (N-methyl/N-ethyl adjacent to an activating group) is 1. The van der Waals surface area contributed by atoms with Crippen molar-refractivity contribution in [2.45, 2.75) is 174 Å². The maximum absolute atomic E-state index is 12.6. The van der Waals surface area contributed by atoms with Gasteiger partial charge in [-0.1, -0.05) is 127 Å². The maximum Gasteiger partial charge on any atom is 0.472 e. The highest BCUT2D eigenvalue weighted by molar-refractivity contribution is 7.47. The Balaban J connectivity index is 4.44. The number of ether oxygens (including phenoxy) is 2. The molecule has 304 valence electrons. The van der Waals surface area contributed by atoms with Crippen LogP contribution in [0.25, 0.3) is 0 Å². The van der Waals surface area contributed by atoms with Crippen LogP contribution in [0.1, 0.15) is 168 Å². The molecule has 0 fully saturated rings. The summed E-state index contributed by atoms with van der Waals surface area (Å²) in [6, 6.07) is 0. The van der Waals surface area contributed by atoms with Gasteiger partial charge >= 0.3 is 19.8 Å². The third-order valence-corrected chi connectivity index (χ3v) is 9.63. The summed E-state index contributed by atoms with van der Waals surface area (Å²) in [6.07, 6.45) is 37.6. The average molecular weight is 757 g/mol. The Kier molecular flexibility index (Phi) is 33.8. The molecule has 1 N–H and O–H groups in total. The fourth-order valence-corrected chi connectivity index (χ4v) is 6.06. The van der Waals surface area contributed by atoms with Crippen LogP contribution in [0.15, 0.2) is 36.5 Å². The molecule has 0 aromatic heterocycles. The van der Waals surface area contributed by atoms with E-state index < -0.39 is 26.5 Å². The molecule has 0 aliphatic rings. The SMILES string of the molecule is CCCC/C=C/C/C=C/CCCCCCCC(=O)O[C@H](COC(=O)CCCCCCC/C=C/CCCCCCC)COP(=O)(O)OCC[N+](C)(C)C. The topological polar surface area (TPSA) is 108 Å². The molecule has 0 saturated carbocycles. The predicted octanol–water partition coefficient (Wildman–Crippen LogP) is 11.4. The zero-order valence-corrected chi connectivity index (χ0v) is 34.9. The van der Waals surface area contributed by atoms with Gasteiger partial charge in [0.1, 0.15) is 19.8 Å². The van der Waals surface area contributed by atoms with E-state index in [1.807, 2.05) is 21.1 Å². The number of esters is 2. The van der Waals surface area contributed by atoms with Gasteiger partial charge in [0.25, 0.3) is 0 Å². The number of unbranched alkanes of at least 4 members (excludes halogenated alkanes) is 17. The van der Waals surface area contributed by atoms with Gasteiger partial charge in [0, 0.05) is 12.8 Å². The van der Waals surface area contributed by atoms with Gasteiger partial charge in [-0.25, -0.2) is 4.57 Å². The molecule has 52 heavy (non-hydrogen) atoms. The fourth-order valence-electron chi connectivity index (χ4n) is 5.32. The summed E-state index contributed by atoms with van der Waals surface area (Å²) in [5.41, 5.74) is 0. The van der Waals surface area contributed by atoms with Crippen LogP contribution >= 0.6 is 7.82 Å². The molecule has 10 heteroatoms. The van der Waals surface area contributed by atoms with Gasteiger partial charge < -0.3 is 18.9 Å². The van der Waals surface area contributed by atoms with E-state index in [1.54, 1.807) is 0 Å². The van der Waals surface area contributed by atoms with Crippen molar-refractivity contribution in [1.82, 2.24) is 0 Å². The number of rotatable bonds is 37. The van der Waals surface area contributed by atoms with Crippen LogP contribution in [0.2, 0.25) is 0 Å². The second kappa shape index (κ2) is 35.0. The van der Waals surface area contributed by atoms with Crippen molar-refractivity contribution < 1.29 is 42.1 Å². The first-order valence-corrected chi connectivity index (χ1v) is 22.2. The summed E-state index contributed by atoms with van der Waals surface area (Å²) in [5.74, 6) is -0.826. The molecule has 9 nitrogen and oxygen atoms in total. The summed E-state index contributed by atoms with van der Waals surface area (Å²) >= 11 is 0. The lowest BCUT2D eigenvalue weighted by Gasteiger charge is -2.24. The molecule has 0 aliphatic carbocycles. The van der Waals surface area contributed by atoms with Crippen molar-refractivity contribution in [2.75, 3.05) is 47.5 Å². The summed E-state index contributed by atoms with van der Waals surface area (Å²) in [7, 11) is 1.46. The molecule has 0 bridgehead atoms. The van der Waals surface area contributed by atoms with Crippen LogP contribution in [-0.2, 0) is 32.7 Å². The summed E-state index contributed by atoms with van der Waals surface area (Å²) in [5, 5.41) is 0. The molecule has 0 aromatic rings. The molecular weight excluding hydrogens is 677 g/mol. The van der Waals surface area contributed by atoms with Crippen molar-refractivity contribution in [3.05, 3.63) is 36.5 Å². The Morgan fingerprint density at radius 3 is 1.60 bits per heavy atom. The summed E-state index contributed by atoms with van der Waals surface area (Å²) < 4.78 is 34.2. The molecule has 0 radical (unpaired) electrons. The quantitative estimate of drug-likeness (QED) is 0.0219. The first-order chi connectivity index (χ1) is 25.0. The molecule has 0 aliphatic heterocycles. The molecule has 0 aromatic carbocycles. The standard InChI is InChI=1S/C42H78NO8P/c1-6-8-10-12-14-16-18-20-22-24-26-28-30-32-34-41(44)48-38-40(39-50-52(46,47)49-37-36-43(3,4)5)51-42(45)35-33-31-29-27-25-23-21-19-17-15-13-11-9-7-2/h13,15,18-21,40H,6-12,14,16-17,22-39H2,1-5H3/p+1/b15-13+,20-18+,21-19+/t40-/m1/s1. The van der Waals surface area contributed by atoms with Crippen LogP contribution in [0.3, 0.4) is 0 Å². The lowest BCUT2D eigenvalue weighted by molar-refractivity contribution is -0.870.